The van der Waals surface area contributed by atoms with Crippen molar-refractivity contribution in [3.8, 4) is 0 Å². The van der Waals surface area contributed by atoms with E-state index in [1.54, 1.807) is 9.13 Å². The zero-order valence-corrected chi connectivity index (χ0v) is 14.8. The van der Waals surface area contributed by atoms with E-state index in [0.29, 0.717) is 18.4 Å². The first-order valence-corrected chi connectivity index (χ1v) is 9.00. The highest BCUT2D eigenvalue weighted by Crippen LogP contribution is 2.29. The summed E-state index contributed by atoms with van der Waals surface area (Å²) in [4.78, 5) is 25.2. The number of imidazole rings is 1. The molecule has 0 radical (unpaired) electrons. The van der Waals surface area contributed by atoms with E-state index < -0.39 is 0 Å². The average molecular weight is 329 g/mol. The van der Waals surface area contributed by atoms with Gasteiger partial charge < -0.3 is 5.32 Å². The smallest absolute Gasteiger partial charge is 0.329 e. The molecule has 2 aromatic rings. The number of aryl methyl sites for hydroxylation is 1. The number of benzene rings is 1. The molecule has 0 saturated heterocycles. The minimum atomic E-state index is -0.112. The second kappa shape index (κ2) is 6.83. The molecular weight excluding hydrogens is 302 g/mol. The zero-order chi connectivity index (χ0) is 17.3. The Hall–Kier alpha value is -2.04. The first kappa shape index (κ1) is 16.8. The van der Waals surface area contributed by atoms with Gasteiger partial charge in [0.25, 0.3) is 0 Å². The zero-order valence-electron chi connectivity index (χ0n) is 14.8. The van der Waals surface area contributed by atoms with E-state index in [-0.39, 0.29) is 24.2 Å². The SMILES string of the molecule is CCn1c(=O)n(CC(=O)NC2CCCC(C)C2C)c2ccccc21. The molecule has 1 aliphatic rings. The Balaban J connectivity index is 1.81. The highest BCUT2D eigenvalue weighted by Gasteiger charge is 2.28. The third kappa shape index (κ3) is 2.99. The van der Waals surface area contributed by atoms with Crippen molar-refractivity contribution >= 4 is 16.9 Å². The number of hydrogen-bond acceptors (Lipinski definition) is 2. The van der Waals surface area contributed by atoms with Crippen LogP contribution >= 0.6 is 0 Å². The summed E-state index contributed by atoms with van der Waals surface area (Å²) >= 11 is 0. The fraction of sp³-hybridized carbons (Fsp3) is 0.579. The standard InChI is InChI=1S/C19H27N3O2/c1-4-21-16-10-5-6-11-17(16)22(19(21)24)12-18(23)20-15-9-7-8-13(2)14(15)3/h5-6,10-11,13-15H,4,7-9,12H2,1-3H3,(H,20,23). The third-order valence-electron chi connectivity index (χ3n) is 5.60. The van der Waals surface area contributed by atoms with E-state index in [4.69, 9.17) is 0 Å². The molecule has 1 fully saturated rings. The second-order valence-corrected chi connectivity index (χ2v) is 7.04. The van der Waals surface area contributed by atoms with E-state index in [9.17, 15) is 9.59 Å². The van der Waals surface area contributed by atoms with E-state index in [2.05, 4.69) is 19.2 Å². The van der Waals surface area contributed by atoms with Crippen LogP contribution in [-0.2, 0) is 17.9 Å². The van der Waals surface area contributed by atoms with Crippen molar-refractivity contribution < 1.29 is 4.79 Å². The van der Waals surface area contributed by atoms with Crippen molar-refractivity contribution in [2.75, 3.05) is 0 Å². The number of hydrogen-bond donors (Lipinski definition) is 1. The lowest BCUT2D eigenvalue weighted by molar-refractivity contribution is -0.123. The van der Waals surface area contributed by atoms with Gasteiger partial charge >= 0.3 is 5.69 Å². The first-order chi connectivity index (χ1) is 11.5. The molecule has 1 heterocycles. The van der Waals surface area contributed by atoms with Crippen LogP contribution in [0.1, 0.15) is 40.0 Å². The molecule has 130 valence electrons. The number of aromatic nitrogens is 2. The number of nitrogens with zero attached hydrogens (tertiary/aromatic N) is 2. The number of carbonyl (C=O) groups excluding carboxylic acids is 1. The molecule has 0 aliphatic heterocycles. The third-order valence-corrected chi connectivity index (χ3v) is 5.60. The first-order valence-electron chi connectivity index (χ1n) is 9.00. The molecule has 3 unspecified atom stereocenters. The molecule has 3 rings (SSSR count). The number of rotatable bonds is 4. The van der Waals surface area contributed by atoms with E-state index in [1.807, 2.05) is 31.2 Å². The Bertz CT molecular complexity index is 789. The maximum absolute atomic E-state index is 12.6. The van der Waals surface area contributed by atoms with Crippen molar-refractivity contribution in [1.82, 2.24) is 14.5 Å². The summed E-state index contributed by atoms with van der Waals surface area (Å²) in [6.45, 7) is 7.10. The van der Waals surface area contributed by atoms with Gasteiger partial charge in [-0.2, -0.15) is 0 Å². The van der Waals surface area contributed by atoms with Crippen LogP contribution in [0.2, 0.25) is 0 Å². The lowest BCUT2D eigenvalue weighted by Gasteiger charge is -2.34. The summed E-state index contributed by atoms with van der Waals surface area (Å²) in [5.41, 5.74) is 1.60. The second-order valence-electron chi connectivity index (χ2n) is 7.04. The van der Waals surface area contributed by atoms with Gasteiger partial charge in [0.1, 0.15) is 6.54 Å². The van der Waals surface area contributed by atoms with Crippen LogP contribution in [0.5, 0.6) is 0 Å². The topological polar surface area (TPSA) is 56.0 Å². The fourth-order valence-electron chi connectivity index (χ4n) is 3.91. The van der Waals surface area contributed by atoms with Crippen LogP contribution in [0.25, 0.3) is 11.0 Å². The molecule has 1 aromatic carbocycles. The van der Waals surface area contributed by atoms with E-state index in [0.717, 1.165) is 23.9 Å². The molecule has 24 heavy (non-hydrogen) atoms. The Morgan fingerprint density at radius 1 is 1.17 bits per heavy atom. The predicted molar refractivity (Wildman–Crippen MR) is 96.0 cm³/mol. The Morgan fingerprint density at radius 3 is 2.50 bits per heavy atom. The van der Waals surface area contributed by atoms with E-state index in [1.165, 1.54) is 6.42 Å². The number of nitrogens with one attached hydrogen (secondary N) is 1. The molecule has 0 spiro atoms. The Morgan fingerprint density at radius 2 is 1.83 bits per heavy atom. The molecule has 1 aromatic heterocycles. The highest BCUT2D eigenvalue weighted by atomic mass is 16.2. The molecular formula is C19H27N3O2. The molecule has 1 aliphatic carbocycles. The van der Waals surface area contributed by atoms with Crippen LogP contribution in [-0.4, -0.2) is 21.1 Å². The summed E-state index contributed by atoms with van der Waals surface area (Å²) in [5, 5.41) is 3.16. The van der Waals surface area contributed by atoms with Gasteiger partial charge in [-0.05, 0) is 37.3 Å². The average Bonchev–Trinajstić information content (AvgIpc) is 2.84. The molecule has 1 amide bonds. The van der Waals surface area contributed by atoms with Crippen LogP contribution in [0.15, 0.2) is 29.1 Å². The van der Waals surface area contributed by atoms with Crippen molar-refractivity contribution in [3.63, 3.8) is 0 Å². The van der Waals surface area contributed by atoms with Gasteiger partial charge in [-0.3, -0.25) is 13.9 Å². The van der Waals surface area contributed by atoms with Crippen molar-refractivity contribution in [1.29, 1.82) is 0 Å². The van der Waals surface area contributed by atoms with Crippen molar-refractivity contribution in [3.05, 3.63) is 34.7 Å². The molecule has 5 nitrogen and oxygen atoms in total. The van der Waals surface area contributed by atoms with Gasteiger partial charge in [-0.25, -0.2) is 4.79 Å². The van der Waals surface area contributed by atoms with E-state index >= 15 is 0 Å². The normalized spacial score (nSPS) is 24.2. The molecule has 3 atom stereocenters. The summed E-state index contributed by atoms with van der Waals surface area (Å²) in [5.74, 6) is 1.05. The predicted octanol–water partition coefficient (Wildman–Crippen LogP) is 2.76. The quantitative estimate of drug-likeness (QED) is 0.938. The number of carbonyl (C=O) groups is 1. The Kier molecular flexibility index (Phi) is 4.78. The summed E-state index contributed by atoms with van der Waals surface area (Å²) < 4.78 is 3.30. The van der Waals surface area contributed by atoms with Gasteiger partial charge in [0.05, 0.1) is 11.0 Å². The van der Waals surface area contributed by atoms with Crippen LogP contribution in [0.4, 0.5) is 0 Å². The minimum absolute atomic E-state index is 0.0675. The number of fused-ring (bicyclic) bond motifs is 1. The van der Waals surface area contributed by atoms with Gasteiger partial charge in [0.15, 0.2) is 0 Å². The number of para-hydroxylation sites is 2. The summed E-state index contributed by atoms with van der Waals surface area (Å²) in [6, 6.07) is 7.88. The van der Waals surface area contributed by atoms with Gasteiger partial charge in [-0.1, -0.05) is 38.8 Å². The molecule has 5 heteroatoms. The maximum atomic E-state index is 12.6. The van der Waals surface area contributed by atoms with Crippen LogP contribution < -0.4 is 11.0 Å². The van der Waals surface area contributed by atoms with Crippen molar-refractivity contribution in [2.24, 2.45) is 11.8 Å². The minimum Gasteiger partial charge on any atom is -0.352 e. The van der Waals surface area contributed by atoms with Crippen LogP contribution in [0, 0.1) is 11.8 Å². The van der Waals surface area contributed by atoms with Gasteiger partial charge in [0, 0.05) is 12.6 Å². The van der Waals surface area contributed by atoms with Crippen molar-refractivity contribution in [2.45, 2.75) is 59.2 Å². The lowest BCUT2D eigenvalue weighted by Crippen LogP contribution is -2.45. The fourth-order valence-corrected chi connectivity index (χ4v) is 3.91. The lowest BCUT2D eigenvalue weighted by atomic mass is 9.78. The monoisotopic (exact) mass is 329 g/mol. The number of amides is 1. The highest BCUT2D eigenvalue weighted by molar-refractivity contribution is 5.81. The molecule has 1 N–H and O–H groups in total. The summed E-state index contributed by atoms with van der Waals surface area (Å²) in [6.07, 6.45) is 3.42. The molecule has 0 bridgehead atoms. The maximum Gasteiger partial charge on any atom is 0.329 e. The van der Waals surface area contributed by atoms with Gasteiger partial charge in [0.2, 0.25) is 5.91 Å². The van der Waals surface area contributed by atoms with Gasteiger partial charge in [-0.15, -0.1) is 0 Å². The largest absolute Gasteiger partial charge is 0.352 e. The molecule has 1 saturated carbocycles. The Labute approximate surface area is 142 Å². The summed E-state index contributed by atoms with van der Waals surface area (Å²) in [7, 11) is 0. The van der Waals surface area contributed by atoms with Crippen LogP contribution in [0.3, 0.4) is 0 Å².